The number of hydrogen-bond donors (Lipinski definition) is 1. The number of nitrogen functional groups attached to an aromatic ring is 1. The van der Waals surface area contributed by atoms with Gasteiger partial charge < -0.3 is 5.73 Å². The van der Waals surface area contributed by atoms with Crippen molar-refractivity contribution in [3.63, 3.8) is 0 Å². The van der Waals surface area contributed by atoms with Crippen LogP contribution in [0.15, 0.2) is 31.0 Å². The van der Waals surface area contributed by atoms with Gasteiger partial charge in [0.25, 0.3) is 0 Å². The number of aromatic nitrogens is 1. The third-order valence-electron chi connectivity index (χ3n) is 2.29. The smallest absolute Gasteiger partial charge is 0.123 e. The lowest BCUT2D eigenvalue weighted by atomic mass is 10.0. The van der Waals surface area contributed by atoms with Crippen LogP contribution < -0.4 is 5.73 Å². The minimum Gasteiger partial charge on any atom is -0.384 e. The molecule has 15 heavy (non-hydrogen) atoms. The molecular weight excluding hydrogens is 208 g/mol. The van der Waals surface area contributed by atoms with E-state index in [4.69, 9.17) is 17.3 Å². The van der Waals surface area contributed by atoms with Crippen molar-refractivity contribution in [1.29, 1.82) is 0 Å². The molecule has 2 nitrogen and oxygen atoms in total. The van der Waals surface area contributed by atoms with Crippen LogP contribution in [0, 0.1) is 0 Å². The number of benzene rings is 1. The molecule has 0 aliphatic heterocycles. The van der Waals surface area contributed by atoms with Gasteiger partial charge in [0, 0.05) is 16.6 Å². The molecule has 2 aromatic rings. The molecule has 0 fully saturated rings. The van der Waals surface area contributed by atoms with Gasteiger partial charge in [-0.25, -0.2) is 4.98 Å². The Balaban J connectivity index is 2.77. The number of rotatable bonds is 1. The fraction of sp³-hybridized carbons (Fsp3) is 0.0833. The van der Waals surface area contributed by atoms with Gasteiger partial charge >= 0.3 is 0 Å². The van der Waals surface area contributed by atoms with Crippen LogP contribution >= 0.6 is 11.6 Å². The van der Waals surface area contributed by atoms with Crippen molar-refractivity contribution >= 4 is 33.8 Å². The van der Waals surface area contributed by atoms with Gasteiger partial charge in [-0.15, -0.1) is 0 Å². The molecule has 0 saturated carbocycles. The minimum absolute atomic E-state index is 0.512. The summed E-state index contributed by atoms with van der Waals surface area (Å²) in [4.78, 5) is 4.02. The molecule has 3 heteroatoms. The molecule has 0 aliphatic rings. The third kappa shape index (κ3) is 1.81. The summed E-state index contributed by atoms with van der Waals surface area (Å²) in [7, 11) is 0. The van der Waals surface area contributed by atoms with E-state index in [0.717, 1.165) is 21.9 Å². The van der Waals surface area contributed by atoms with Crippen molar-refractivity contribution in [3.05, 3.63) is 41.6 Å². The minimum atomic E-state index is 0.512. The highest BCUT2D eigenvalue weighted by molar-refractivity contribution is 6.33. The van der Waals surface area contributed by atoms with E-state index in [1.165, 1.54) is 0 Å². The zero-order valence-electron chi connectivity index (χ0n) is 8.42. The lowest BCUT2D eigenvalue weighted by Gasteiger charge is -2.06. The number of hydrogen-bond acceptors (Lipinski definition) is 2. The number of nitrogens with zero attached hydrogens (tertiary/aromatic N) is 1. The normalized spacial score (nSPS) is 10.5. The molecule has 0 radical (unpaired) electrons. The van der Waals surface area contributed by atoms with E-state index < -0.39 is 0 Å². The first kappa shape index (κ1) is 9.99. The average molecular weight is 219 g/mol. The molecule has 0 amide bonds. The molecule has 1 aromatic heterocycles. The SMILES string of the molecule is C=C(C)c1cc2cc(N)ncc2cc1Cl. The Labute approximate surface area is 93.4 Å². The van der Waals surface area contributed by atoms with Gasteiger partial charge in [-0.3, -0.25) is 0 Å². The molecular formula is C12H11ClN2. The second-order valence-electron chi connectivity index (χ2n) is 3.57. The Morgan fingerprint density at radius 2 is 2.07 bits per heavy atom. The molecule has 0 saturated heterocycles. The van der Waals surface area contributed by atoms with Crippen molar-refractivity contribution < 1.29 is 0 Å². The van der Waals surface area contributed by atoms with Gasteiger partial charge in [0.1, 0.15) is 5.82 Å². The Hall–Kier alpha value is -1.54. The standard InChI is InChI=1S/C12H11ClN2/c1-7(2)10-3-8-5-12(14)15-6-9(8)4-11(10)13/h3-6H,1H2,2H3,(H2,14,15). The van der Waals surface area contributed by atoms with Crippen LogP contribution in [0.3, 0.4) is 0 Å². The van der Waals surface area contributed by atoms with Crippen LogP contribution in [0.2, 0.25) is 5.02 Å². The van der Waals surface area contributed by atoms with Crippen LogP contribution in [0.4, 0.5) is 5.82 Å². The largest absolute Gasteiger partial charge is 0.384 e. The zero-order valence-corrected chi connectivity index (χ0v) is 9.17. The number of allylic oxidation sites excluding steroid dienone is 1. The van der Waals surface area contributed by atoms with E-state index >= 15 is 0 Å². The summed E-state index contributed by atoms with van der Waals surface area (Å²) < 4.78 is 0. The summed E-state index contributed by atoms with van der Waals surface area (Å²) in [6.07, 6.45) is 1.72. The van der Waals surface area contributed by atoms with E-state index in [-0.39, 0.29) is 0 Å². The predicted molar refractivity (Wildman–Crippen MR) is 65.9 cm³/mol. The topological polar surface area (TPSA) is 38.9 Å². The molecule has 2 rings (SSSR count). The quantitative estimate of drug-likeness (QED) is 0.796. The second kappa shape index (κ2) is 3.55. The lowest BCUT2D eigenvalue weighted by molar-refractivity contribution is 1.37. The lowest BCUT2D eigenvalue weighted by Crippen LogP contribution is -1.90. The Morgan fingerprint density at radius 1 is 1.33 bits per heavy atom. The van der Waals surface area contributed by atoms with Crippen LogP contribution in [-0.4, -0.2) is 4.98 Å². The monoisotopic (exact) mass is 218 g/mol. The number of anilines is 1. The predicted octanol–water partition coefficient (Wildman–Crippen LogP) is 3.50. The van der Waals surface area contributed by atoms with E-state index in [0.29, 0.717) is 10.8 Å². The summed E-state index contributed by atoms with van der Waals surface area (Å²) in [6.45, 7) is 5.81. The maximum absolute atomic E-state index is 6.12. The maximum atomic E-state index is 6.12. The second-order valence-corrected chi connectivity index (χ2v) is 3.98. The number of fused-ring (bicyclic) bond motifs is 1. The summed E-state index contributed by atoms with van der Waals surface area (Å²) in [5.74, 6) is 0.512. The van der Waals surface area contributed by atoms with Gasteiger partial charge in [-0.1, -0.05) is 18.2 Å². The van der Waals surface area contributed by atoms with Crippen molar-refractivity contribution in [2.75, 3.05) is 5.73 Å². The molecule has 0 unspecified atom stereocenters. The maximum Gasteiger partial charge on any atom is 0.123 e. The highest BCUT2D eigenvalue weighted by Crippen LogP contribution is 2.28. The zero-order chi connectivity index (χ0) is 11.0. The van der Waals surface area contributed by atoms with E-state index in [2.05, 4.69) is 11.6 Å². The number of halogens is 1. The van der Waals surface area contributed by atoms with E-state index in [1.807, 2.05) is 25.1 Å². The van der Waals surface area contributed by atoms with Gasteiger partial charge in [0.05, 0.1) is 0 Å². The third-order valence-corrected chi connectivity index (χ3v) is 2.60. The Morgan fingerprint density at radius 3 is 2.73 bits per heavy atom. The Kier molecular flexibility index (Phi) is 2.37. The Bertz CT molecular complexity index is 547. The summed E-state index contributed by atoms with van der Waals surface area (Å²) in [6, 6.07) is 5.70. The molecule has 1 heterocycles. The van der Waals surface area contributed by atoms with Gasteiger partial charge in [-0.2, -0.15) is 0 Å². The van der Waals surface area contributed by atoms with Crippen molar-refractivity contribution in [3.8, 4) is 0 Å². The first-order valence-corrected chi connectivity index (χ1v) is 4.96. The molecule has 1 aromatic carbocycles. The molecule has 0 atom stereocenters. The molecule has 0 aliphatic carbocycles. The first-order valence-electron chi connectivity index (χ1n) is 4.58. The van der Waals surface area contributed by atoms with Crippen LogP contribution in [0.25, 0.3) is 16.3 Å². The van der Waals surface area contributed by atoms with Crippen molar-refractivity contribution in [2.24, 2.45) is 0 Å². The fourth-order valence-electron chi connectivity index (χ4n) is 1.51. The number of nitrogens with two attached hydrogens (primary N) is 1. The van der Waals surface area contributed by atoms with Gasteiger partial charge in [-0.05, 0) is 41.6 Å². The molecule has 0 spiro atoms. The summed E-state index contributed by atoms with van der Waals surface area (Å²) in [5, 5.41) is 2.71. The fourth-order valence-corrected chi connectivity index (χ4v) is 1.84. The van der Waals surface area contributed by atoms with Crippen LogP contribution in [0.1, 0.15) is 12.5 Å². The van der Waals surface area contributed by atoms with Crippen LogP contribution in [-0.2, 0) is 0 Å². The van der Waals surface area contributed by atoms with Crippen LogP contribution in [0.5, 0.6) is 0 Å². The molecule has 76 valence electrons. The summed E-state index contributed by atoms with van der Waals surface area (Å²) in [5.41, 5.74) is 7.52. The van der Waals surface area contributed by atoms with E-state index in [1.54, 1.807) is 6.20 Å². The van der Waals surface area contributed by atoms with Crippen molar-refractivity contribution in [2.45, 2.75) is 6.92 Å². The highest BCUT2D eigenvalue weighted by Gasteiger charge is 2.04. The van der Waals surface area contributed by atoms with Gasteiger partial charge in [0.15, 0.2) is 0 Å². The first-order chi connectivity index (χ1) is 7.08. The molecule has 0 bridgehead atoms. The van der Waals surface area contributed by atoms with Crippen molar-refractivity contribution in [1.82, 2.24) is 4.98 Å². The van der Waals surface area contributed by atoms with Gasteiger partial charge in [0.2, 0.25) is 0 Å². The summed E-state index contributed by atoms with van der Waals surface area (Å²) >= 11 is 6.12. The van der Waals surface area contributed by atoms with E-state index in [9.17, 15) is 0 Å². The average Bonchev–Trinajstić information content (AvgIpc) is 2.17. The number of pyridine rings is 1. The highest BCUT2D eigenvalue weighted by atomic mass is 35.5. The molecule has 2 N–H and O–H groups in total.